The van der Waals surface area contributed by atoms with Gasteiger partial charge in [0, 0.05) is 7.05 Å². The summed E-state index contributed by atoms with van der Waals surface area (Å²) in [5, 5.41) is 19.8. The van der Waals surface area contributed by atoms with Gasteiger partial charge in [-0.15, -0.1) is 0 Å². The number of nitrogens with two attached hydrogens (primary N) is 1. The average molecular weight is 311 g/mol. The lowest BCUT2D eigenvalue weighted by atomic mass is 10.0. The largest absolute Gasteiger partial charge is 0.393 e. The number of hydrogen-bond acceptors (Lipinski definition) is 9. The van der Waals surface area contributed by atoms with Crippen LogP contribution in [-0.2, 0) is 9.47 Å². The van der Waals surface area contributed by atoms with Crippen molar-refractivity contribution in [1.82, 2.24) is 9.97 Å². The molecule has 4 rings (SSSR count). The van der Waals surface area contributed by atoms with Crippen molar-refractivity contribution in [3.05, 3.63) is 10.4 Å². The van der Waals surface area contributed by atoms with Gasteiger partial charge >= 0.3 is 0 Å². The SMILES string of the molecule is CN1CN([C@@H]2O[C@@]3(CO)CO[C@@H]2[C@@H]3O)c2nc(N)[nH]c(=O)c21. The Morgan fingerprint density at radius 1 is 1.59 bits per heavy atom. The molecule has 3 aliphatic heterocycles. The molecule has 3 aliphatic rings. The van der Waals surface area contributed by atoms with Crippen LogP contribution in [0.4, 0.5) is 17.5 Å². The number of hydrogen-bond donors (Lipinski definition) is 4. The van der Waals surface area contributed by atoms with E-state index in [2.05, 4.69) is 9.97 Å². The Hall–Kier alpha value is -1.88. The number of nitrogens with one attached hydrogen (secondary N) is 1. The van der Waals surface area contributed by atoms with Crippen LogP contribution in [0.25, 0.3) is 0 Å². The van der Waals surface area contributed by atoms with Crippen molar-refractivity contribution in [2.24, 2.45) is 0 Å². The molecule has 4 atom stereocenters. The Balaban J connectivity index is 1.74. The standard InChI is InChI=1S/C12H17N5O5/c1-16-4-17(8-5(16)9(20)15-11(13)14-8)10-6-7(19)12(2-18,22-10)3-21-6/h6-7,10,18-19H,2-4H2,1H3,(H3,13,14,15,20)/t6-,7+,10-,12+/m1/s1. The van der Waals surface area contributed by atoms with Crippen LogP contribution in [0.15, 0.2) is 4.79 Å². The zero-order valence-electron chi connectivity index (χ0n) is 11.9. The van der Waals surface area contributed by atoms with Gasteiger partial charge in [0.1, 0.15) is 23.5 Å². The first-order valence-corrected chi connectivity index (χ1v) is 6.93. The van der Waals surface area contributed by atoms with Crippen molar-refractivity contribution in [2.45, 2.75) is 24.0 Å². The summed E-state index contributed by atoms with van der Waals surface area (Å²) < 4.78 is 11.4. The molecule has 10 heteroatoms. The molecule has 1 aromatic heterocycles. The molecular formula is C12H17N5O5. The summed E-state index contributed by atoms with van der Waals surface area (Å²) in [7, 11) is 1.75. The zero-order valence-corrected chi connectivity index (χ0v) is 11.9. The average Bonchev–Trinajstić information content (AvgIpc) is 3.07. The van der Waals surface area contributed by atoms with Gasteiger partial charge in [-0.25, -0.2) is 0 Å². The van der Waals surface area contributed by atoms with Crippen molar-refractivity contribution in [3.8, 4) is 0 Å². The second-order valence-corrected chi connectivity index (χ2v) is 5.88. The number of anilines is 3. The van der Waals surface area contributed by atoms with E-state index in [1.807, 2.05) is 0 Å². The number of ether oxygens (including phenoxy) is 2. The van der Waals surface area contributed by atoms with Crippen molar-refractivity contribution >= 4 is 17.5 Å². The molecule has 2 saturated heterocycles. The molecule has 10 nitrogen and oxygen atoms in total. The smallest absolute Gasteiger partial charge is 0.278 e. The van der Waals surface area contributed by atoms with Crippen molar-refractivity contribution in [2.75, 3.05) is 42.5 Å². The predicted molar refractivity (Wildman–Crippen MR) is 75.5 cm³/mol. The second kappa shape index (κ2) is 4.32. The number of nitrogen functional groups attached to an aromatic ring is 1. The molecule has 4 heterocycles. The first-order chi connectivity index (χ1) is 10.5. The normalized spacial score (nSPS) is 36.2. The summed E-state index contributed by atoms with van der Waals surface area (Å²) in [4.78, 5) is 22.1. The topological polar surface area (TPSA) is 137 Å². The fourth-order valence-corrected chi connectivity index (χ4v) is 3.36. The molecule has 22 heavy (non-hydrogen) atoms. The Morgan fingerprint density at radius 2 is 2.36 bits per heavy atom. The molecule has 5 N–H and O–H groups in total. The fourth-order valence-electron chi connectivity index (χ4n) is 3.36. The number of nitrogens with zero attached hydrogens (tertiary/aromatic N) is 3. The highest BCUT2D eigenvalue weighted by molar-refractivity contribution is 5.72. The number of fused-ring (bicyclic) bond motifs is 3. The molecule has 120 valence electrons. The first-order valence-electron chi connectivity index (χ1n) is 6.93. The first kappa shape index (κ1) is 13.8. The monoisotopic (exact) mass is 311 g/mol. The van der Waals surface area contributed by atoms with Crippen LogP contribution in [0.2, 0.25) is 0 Å². The van der Waals surface area contributed by atoms with Crippen molar-refractivity contribution in [3.63, 3.8) is 0 Å². The highest BCUT2D eigenvalue weighted by Gasteiger charge is 2.63. The van der Waals surface area contributed by atoms with Crippen LogP contribution in [-0.4, -0.2) is 71.1 Å². The third-order valence-electron chi connectivity index (χ3n) is 4.49. The zero-order chi connectivity index (χ0) is 15.6. The lowest BCUT2D eigenvalue weighted by molar-refractivity contribution is -0.160. The van der Waals surface area contributed by atoms with E-state index in [1.54, 1.807) is 16.8 Å². The fraction of sp³-hybridized carbons (Fsp3) is 0.667. The summed E-state index contributed by atoms with van der Waals surface area (Å²) in [6.45, 7) is 0.129. The third kappa shape index (κ3) is 1.57. The van der Waals surface area contributed by atoms with Gasteiger partial charge in [0.05, 0.1) is 19.9 Å². The maximum Gasteiger partial charge on any atom is 0.278 e. The third-order valence-corrected chi connectivity index (χ3v) is 4.49. The maximum atomic E-state index is 12.0. The van der Waals surface area contributed by atoms with E-state index in [0.29, 0.717) is 18.2 Å². The molecule has 2 fully saturated rings. The number of H-pyrrole nitrogens is 1. The van der Waals surface area contributed by atoms with Crippen LogP contribution in [0.1, 0.15) is 0 Å². The van der Waals surface area contributed by atoms with Gasteiger partial charge in [0.2, 0.25) is 5.95 Å². The Labute approximate surface area is 125 Å². The van der Waals surface area contributed by atoms with Crippen LogP contribution in [0, 0.1) is 0 Å². The second-order valence-electron chi connectivity index (χ2n) is 5.88. The van der Waals surface area contributed by atoms with Gasteiger partial charge in [0.25, 0.3) is 5.56 Å². The van der Waals surface area contributed by atoms with Gasteiger partial charge < -0.3 is 35.2 Å². The van der Waals surface area contributed by atoms with Gasteiger partial charge in [-0.2, -0.15) is 4.98 Å². The van der Waals surface area contributed by atoms with E-state index < -0.39 is 24.0 Å². The van der Waals surface area contributed by atoms with Crippen molar-refractivity contribution < 1.29 is 19.7 Å². The summed E-state index contributed by atoms with van der Waals surface area (Å²) in [5.74, 6) is 0.385. The Morgan fingerprint density at radius 3 is 3.05 bits per heavy atom. The van der Waals surface area contributed by atoms with E-state index in [0.717, 1.165) is 0 Å². The Kier molecular flexibility index (Phi) is 2.70. The molecule has 0 aliphatic carbocycles. The molecule has 1 aromatic rings. The predicted octanol–water partition coefficient (Wildman–Crippen LogP) is -2.59. The minimum absolute atomic E-state index is 0.00513. The molecule has 0 aromatic carbocycles. The van der Waals surface area contributed by atoms with Crippen LogP contribution in [0.3, 0.4) is 0 Å². The van der Waals surface area contributed by atoms with E-state index >= 15 is 0 Å². The maximum absolute atomic E-state index is 12.0. The van der Waals surface area contributed by atoms with E-state index in [1.165, 1.54) is 0 Å². The molecule has 2 bridgehead atoms. The van der Waals surface area contributed by atoms with Crippen LogP contribution < -0.4 is 21.1 Å². The molecular weight excluding hydrogens is 294 g/mol. The summed E-state index contributed by atoms with van der Waals surface area (Å²) >= 11 is 0. The van der Waals surface area contributed by atoms with Crippen molar-refractivity contribution in [1.29, 1.82) is 0 Å². The van der Waals surface area contributed by atoms with Gasteiger partial charge in [-0.05, 0) is 0 Å². The van der Waals surface area contributed by atoms with E-state index in [9.17, 15) is 15.0 Å². The van der Waals surface area contributed by atoms with Crippen LogP contribution in [0.5, 0.6) is 0 Å². The number of rotatable bonds is 2. The lowest BCUT2D eigenvalue weighted by Crippen LogP contribution is -2.49. The van der Waals surface area contributed by atoms with Gasteiger partial charge in [-0.1, -0.05) is 0 Å². The number of aliphatic hydroxyl groups is 2. The minimum Gasteiger partial charge on any atom is -0.393 e. The van der Waals surface area contributed by atoms with Gasteiger partial charge in [0.15, 0.2) is 12.0 Å². The molecule has 0 spiro atoms. The molecule has 0 unspecified atom stereocenters. The lowest BCUT2D eigenvalue weighted by Gasteiger charge is -2.34. The number of aromatic nitrogens is 2. The van der Waals surface area contributed by atoms with Gasteiger partial charge in [-0.3, -0.25) is 9.78 Å². The Bertz CT molecular complexity index is 680. The highest BCUT2D eigenvalue weighted by atomic mass is 16.7. The minimum atomic E-state index is -1.12. The summed E-state index contributed by atoms with van der Waals surface area (Å²) in [5.41, 5.74) is 4.54. The quantitative estimate of drug-likeness (QED) is 0.463. The van der Waals surface area contributed by atoms with Crippen LogP contribution >= 0.6 is 0 Å². The molecule has 0 radical (unpaired) electrons. The molecule has 0 amide bonds. The summed E-state index contributed by atoms with van der Waals surface area (Å²) in [6, 6.07) is 0. The molecule has 0 saturated carbocycles. The van der Waals surface area contributed by atoms with E-state index in [4.69, 9.17) is 15.2 Å². The number of aliphatic hydroxyl groups excluding tert-OH is 2. The highest BCUT2D eigenvalue weighted by Crippen LogP contribution is 2.44. The summed E-state index contributed by atoms with van der Waals surface area (Å²) in [6.07, 6.45) is -2.20. The van der Waals surface area contributed by atoms with E-state index in [-0.39, 0.29) is 24.7 Å². The number of aromatic amines is 1.